The molecule has 2 N–H and O–H groups in total. The third kappa shape index (κ3) is 1.57. The topological polar surface area (TPSA) is 34.4 Å². The fourth-order valence-electron chi connectivity index (χ4n) is 0.908. The van der Waals surface area contributed by atoms with Crippen molar-refractivity contribution in [1.29, 1.82) is 0 Å². The Kier molecular flexibility index (Phi) is 2.45. The summed E-state index contributed by atoms with van der Waals surface area (Å²) in [4.78, 5) is 4.12. The number of aryl methyl sites for hydroxylation is 1. The first-order chi connectivity index (χ1) is 4.84. The number of nitrogens with two attached hydrogens (primary N) is 1. The molecule has 0 amide bonds. The number of rotatable bonds is 3. The van der Waals surface area contributed by atoms with Crippen LogP contribution in [0.5, 0.6) is 0 Å². The number of quaternary nitrogens is 1. The molecule has 0 aliphatic rings. The Morgan fingerprint density at radius 1 is 1.70 bits per heavy atom. The van der Waals surface area contributed by atoms with Crippen LogP contribution in [0.3, 0.4) is 0 Å². The molecule has 1 rings (SSSR count). The van der Waals surface area contributed by atoms with Crippen LogP contribution >= 0.6 is 0 Å². The molecule has 3 nitrogen and oxygen atoms in total. The monoisotopic (exact) mass is 140 g/mol. The van der Waals surface area contributed by atoms with Crippen LogP contribution in [0.25, 0.3) is 0 Å². The lowest BCUT2D eigenvalue weighted by Gasteiger charge is -2.00. The van der Waals surface area contributed by atoms with Crippen molar-refractivity contribution >= 4 is 0 Å². The summed E-state index contributed by atoms with van der Waals surface area (Å²) in [5, 5.41) is 2.17. The van der Waals surface area contributed by atoms with E-state index in [4.69, 9.17) is 0 Å². The number of hydrogen-bond donors (Lipinski definition) is 1. The van der Waals surface area contributed by atoms with Crippen molar-refractivity contribution in [1.82, 2.24) is 9.55 Å². The van der Waals surface area contributed by atoms with E-state index in [9.17, 15) is 0 Å². The van der Waals surface area contributed by atoms with E-state index in [0.717, 1.165) is 18.9 Å². The number of likely N-dealkylation sites (N-methyl/N-ethyl adjacent to an activating group) is 1. The van der Waals surface area contributed by atoms with Gasteiger partial charge in [0, 0.05) is 12.4 Å². The highest BCUT2D eigenvalue weighted by Crippen LogP contribution is 1.91. The second kappa shape index (κ2) is 3.37. The van der Waals surface area contributed by atoms with Gasteiger partial charge in [-0.05, 0) is 6.92 Å². The van der Waals surface area contributed by atoms with Gasteiger partial charge in [0.1, 0.15) is 5.82 Å². The average Bonchev–Trinajstić information content (AvgIpc) is 2.31. The van der Waals surface area contributed by atoms with Gasteiger partial charge in [0.2, 0.25) is 0 Å². The zero-order valence-corrected chi connectivity index (χ0v) is 6.54. The highest BCUT2D eigenvalue weighted by atomic mass is 15.1. The maximum atomic E-state index is 4.12. The van der Waals surface area contributed by atoms with E-state index < -0.39 is 0 Å². The summed E-state index contributed by atoms with van der Waals surface area (Å²) in [6, 6.07) is 0. The zero-order valence-electron chi connectivity index (χ0n) is 6.54. The van der Waals surface area contributed by atoms with Crippen molar-refractivity contribution in [3.8, 4) is 0 Å². The van der Waals surface area contributed by atoms with Crippen LogP contribution in [0.1, 0.15) is 5.82 Å². The Balaban J connectivity index is 2.49. The molecule has 0 aromatic carbocycles. The summed E-state index contributed by atoms with van der Waals surface area (Å²) < 4.78 is 2.15. The summed E-state index contributed by atoms with van der Waals surface area (Å²) >= 11 is 0. The Hall–Kier alpha value is -0.830. The van der Waals surface area contributed by atoms with E-state index in [1.54, 1.807) is 0 Å². The number of imidazole rings is 1. The van der Waals surface area contributed by atoms with Gasteiger partial charge in [0.15, 0.2) is 0 Å². The minimum absolute atomic E-state index is 1.06. The van der Waals surface area contributed by atoms with Gasteiger partial charge in [-0.25, -0.2) is 4.98 Å². The summed E-state index contributed by atoms with van der Waals surface area (Å²) in [5.41, 5.74) is 0. The smallest absolute Gasteiger partial charge is 0.105 e. The first-order valence-electron chi connectivity index (χ1n) is 3.60. The predicted octanol–water partition coefficient (Wildman–Crippen LogP) is -0.615. The lowest BCUT2D eigenvalue weighted by molar-refractivity contribution is -0.628. The maximum absolute atomic E-state index is 4.12. The molecule has 1 aromatic heterocycles. The molecule has 0 saturated heterocycles. The molecule has 0 spiro atoms. The van der Waals surface area contributed by atoms with Gasteiger partial charge < -0.3 is 9.88 Å². The highest BCUT2D eigenvalue weighted by Gasteiger charge is 1.94. The van der Waals surface area contributed by atoms with Crippen LogP contribution in [0.2, 0.25) is 0 Å². The molecule has 0 saturated carbocycles. The zero-order chi connectivity index (χ0) is 7.40. The molecular weight excluding hydrogens is 126 g/mol. The average molecular weight is 140 g/mol. The molecule has 0 fully saturated rings. The first-order valence-corrected chi connectivity index (χ1v) is 3.60. The minimum Gasteiger partial charge on any atom is -0.347 e. The summed E-state index contributed by atoms with van der Waals surface area (Å²) in [6.07, 6.45) is 3.85. The number of nitrogens with zero attached hydrogens (tertiary/aromatic N) is 2. The Bertz CT molecular complexity index is 192. The van der Waals surface area contributed by atoms with Crippen LogP contribution in [0, 0.1) is 6.92 Å². The van der Waals surface area contributed by atoms with Crippen LogP contribution in [0.15, 0.2) is 12.4 Å². The molecular formula is C7H14N3+. The molecule has 1 heterocycles. The van der Waals surface area contributed by atoms with Gasteiger partial charge in [-0.15, -0.1) is 0 Å². The summed E-state index contributed by atoms with van der Waals surface area (Å²) in [7, 11) is 2.08. The molecule has 0 bridgehead atoms. The predicted molar refractivity (Wildman–Crippen MR) is 39.7 cm³/mol. The fraction of sp³-hybridized carbons (Fsp3) is 0.571. The van der Waals surface area contributed by atoms with Crippen molar-refractivity contribution in [3.63, 3.8) is 0 Å². The molecule has 0 atom stereocenters. The molecule has 0 aliphatic heterocycles. The van der Waals surface area contributed by atoms with Gasteiger partial charge in [-0.3, -0.25) is 0 Å². The third-order valence-electron chi connectivity index (χ3n) is 1.58. The normalized spacial score (nSPS) is 10.2. The maximum Gasteiger partial charge on any atom is 0.105 e. The SMILES string of the molecule is C[NH2+]CCn1ccnc1C. The van der Waals surface area contributed by atoms with E-state index in [2.05, 4.69) is 21.9 Å². The number of hydrogen-bond acceptors (Lipinski definition) is 1. The largest absolute Gasteiger partial charge is 0.347 e. The standard InChI is InChI=1S/C7H13N3/c1-7-9-4-6-10(7)5-3-8-2/h4,6,8H,3,5H2,1-2H3/p+1. The fourth-order valence-corrected chi connectivity index (χ4v) is 0.908. The van der Waals surface area contributed by atoms with Crippen molar-refractivity contribution < 1.29 is 5.32 Å². The van der Waals surface area contributed by atoms with E-state index in [0.29, 0.717) is 0 Å². The second-order valence-corrected chi connectivity index (χ2v) is 2.36. The van der Waals surface area contributed by atoms with Gasteiger partial charge in [0.05, 0.1) is 20.1 Å². The Morgan fingerprint density at radius 3 is 3.00 bits per heavy atom. The van der Waals surface area contributed by atoms with Crippen LogP contribution in [-0.4, -0.2) is 23.1 Å². The van der Waals surface area contributed by atoms with Crippen molar-refractivity contribution in [3.05, 3.63) is 18.2 Å². The van der Waals surface area contributed by atoms with Crippen molar-refractivity contribution in [2.24, 2.45) is 0 Å². The van der Waals surface area contributed by atoms with Crippen LogP contribution in [-0.2, 0) is 6.54 Å². The lowest BCUT2D eigenvalue weighted by atomic mass is 10.6. The van der Waals surface area contributed by atoms with E-state index in [1.807, 2.05) is 19.3 Å². The Morgan fingerprint density at radius 2 is 2.50 bits per heavy atom. The number of aromatic nitrogens is 2. The van der Waals surface area contributed by atoms with E-state index in [-0.39, 0.29) is 0 Å². The Labute approximate surface area is 61.1 Å². The van der Waals surface area contributed by atoms with Gasteiger partial charge >= 0.3 is 0 Å². The quantitative estimate of drug-likeness (QED) is 0.597. The molecule has 0 radical (unpaired) electrons. The minimum atomic E-state index is 1.06. The van der Waals surface area contributed by atoms with E-state index >= 15 is 0 Å². The van der Waals surface area contributed by atoms with Gasteiger partial charge in [-0.2, -0.15) is 0 Å². The van der Waals surface area contributed by atoms with Gasteiger partial charge in [0.25, 0.3) is 0 Å². The van der Waals surface area contributed by atoms with Crippen LogP contribution in [0.4, 0.5) is 0 Å². The first kappa shape index (κ1) is 7.28. The second-order valence-electron chi connectivity index (χ2n) is 2.36. The molecule has 56 valence electrons. The van der Waals surface area contributed by atoms with E-state index in [1.165, 1.54) is 0 Å². The third-order valence-corrected chi connectivity index (χ3v) is 1.58. The summed E-state index contributed by atoms with van der Waals surface area (Å²) in [5.74, 6) is 1.10. The van der Waals surface area contributed by atoms with Crippen molar-refractivity contribution in [2.75, 3.05) is 13.6 Å². The van der Waals surface area contributed by atoms with Crippen molar-refractivity contribution in [2.45, 2.75) is 13.5 Å². The lowest BCUT2D eigenvalue weighted by Crippen LogP contribution is -2.80. The molecule has 0 aliphatic carbocycles. The molecule has 0 unspecified atom stereocenters. The molecule has 1 aromatic rings. The van der Waals surface area contributed by atoms with Gasteiger partial charge in [-0.1, -0.05) is 0 Å². The highest BCUT2D eigenvalue weighted by molar-refractivity contribution is 4.87. The molecule has 10 heavy (non-hydrogen) atoms. The van der Waals surface area contributed by atoms with Crippen LogP contribution < -0.4 is 5.32 Å². The summed E-state index contributed by atoms with van der Waals surface area (Å²) in [6.45, 7) is 4.20. The molecule has 3 heteroatoms.